The van der Waals surface area contributed by atoms with Gasteiger partial charge in [0.05, 0.1) is 5.02 Å². The van der Waals surface area contributed by atoms with E-state index in [1.807, 2.05) is 23.9 Å². The third kappa shape index (κ3) is 2.21. The van der Waals surface area contributed by atoms with E-state index in [1.54, 1.807) is 12.4 Å². The molecule has 2 N–H and O–H groups in total. The Bertz CT molecular complexity index is 497. The van der Waals surface area contributed by atoms with Crippen molar-refractivity contribution in [2.24, 2.45) is 12.8 Å². The van der Waals surface area contributed by atoms with Gasteiger partial charge in [-0.2, -0.15) is 0 Å². The standard InChI is InChI=1S/C10H11ClN4S/c1-15-5-4-14-10(15)16-9-8(11)7(6-12)2-3-13-9/h2-5H,6,12H2,1H3. The third-order valence-electron chi connectivity index (χ3n) is 2.12. The van der Waals surface area contributed by atoms with Gasteiger partial charge < -0.3 is 10.3 Å². The van der Waals surface area contributed by atoms with Crippen molar-refractivity contribution in [2.45, 2.75) is 16.7 Å². The minimum atomic E-state index is 0.412. The summed E-state index contributed by atoms with van der Waals surface area (Å²) in [5, 5.41) is 2.19. The van der Waals surface area contributed by atoms with Gasteiger partial charge in [-0.3, -0.25) is 0 Å². The smallest absolute Gasteiger partial charge is 0.174 e. The first kappa shape index (κ1) is 11.4. The van der Waals surface area contributed by atoms with Crippen molar-refractivity contribution >= 4 is 23.4 Å². The van der Waals surface area contributed by atoms with Gasteiger partial charge in [-0.1, -0.05) is 11.6 Å². The summed E-state index contributed by atoms with van der Waals surface area (Å²) in [4.78, 5) is 8.43. The van der Waals surface area contributed by atoms with Gasteiger partial charge >= 0.3 is 0 Å². The van der Waals surface area contributed by atoms with E-state index in [-0.39, 0.29) is 0 Å². The molecule has 2 rings (SSSR count). The molecule has 4 nitrogen and oxygen atoms in total. The lowest BCUT2D eigenvalue weighted by Gasteiger charge is -2.06. The van der Waals surface area contributed by atoms with Crippen LogP contribution in [0.4, 0.5) is 0 Å². The van der Waals surface area contributed by atoms with Crippen molar-refractivity contribution < 1.29 is 0 Å². The Morgan fingerprint density at radius 3 is 2.88 bits per heavy atom. The van der Waals surface area contributed by atoms with E-state index in [2.05, 4.69) is 9.97 Å². The molecule has 84 valence electrons. The summed E-state index contributed by atoms with van der Waals surface area (Å²) in [6, 6.07) is 1.82. The lowest BCUT2D eigenvalue weighted by atomic mass is 10.3. The predicted octanol–water partition coefficient (Wildman–Crippen LogP) is 2.08. The second-order valence-corrected chi connectivity index (χ2v) is 4.55. The molecule has 16 heavy (non-hydrogen) atoms. The molecule has 0 bridgehead atoms. The first-order chi connectivity index (χ1) is 7.72. The van der Waals surface area contributed by atoms with E-state index < -0.39 is 0 Å². The number of hydrogen-bond donors (Lipinski definition) is 1. The number of aryl methyl sites for hydroxylation is 1. The normalized spacial score (nSPS) is 10.7. The topological polar surface area (TPSA) is 56.7 Å². The van der Waals surface area contributed by atoms with Crippen molar-refractivity contribution in [3.05, 3.63) is 35.2 Å². The second-order valence-electron chi connectivity index (χ2n) is 3.22. The number of nitrogens with zero attached hydrogens (tertiary/aromatic N) is 3. The molecule has 0 atom stereocenters. The lowest BCUT2D eigenvalue weighted by molar-refractivity contribution is 0.788. The Morgan fingerprint density at radius 2 is 2.25 bits per heavy atom. The van der Waals surface area contributed by atoms with Gasteiger partial charge in [-0.05, 0) is 23.4 Å². The highest BCUT2D eigenvalue weighted by atomic mass is 35.5. The maximum absolute atomic E-state index is 6.18. The van der Waals surface area contributed by atoms with Gasteiger partial charge in [0.25, 0.3) is 0 Å². The van der Waals surface area contributed by atoms with Crippen molar-refractivity contribution in [3.63, 3.8) is 0 Å². The van der Waals surface area contributed by atoms with E-state index in [9.17, 15) is 0 Å². The van der Waals surface area contributed by atoms with E-state index >= 15 is 0 Å². The zero-order chi connectivity index (χ0) is 11.5. The molecule has 0 aliphatic heterocycles. The summed E-state index contributed by atoms with van der Waals surface area (Å²) in [5.41, 5.74) is 6.48. The van der Waals surface area contributed by atoms with Crippen LogP contribution in [0.25, 0.3) is 0 Å². The summed E-state index contributed by atoms with van der Waals surface area (Å²) in [6.07, 6.45) is 5.32. The Labute approximate surface area is 103 Å². The number of nitrogens with two attached hydrogens (primary N) is 1. The first-order valence-electron chi connectivity index (χ1n) is 4.71. The molecule has 0 unspecified atom stereocenters. The van der Waals surface area contributed by atoms with E-state index in [0.29, 0.717) is 11.6 Å². The maximum atomic E-state index is 6.18. The third-order valence-corrected chi connectivity index (χ3v) is 3.73. The Kier molecular flexibility index (Phi) is 3.48. The molecular formula is C10H11ClN4S. The number of rotatable bonds is 3. The van der Waals surface area contributed by atoms with Gasteiger partial charge in [0.2, 0.25) is 0 Å². The van der Waals surface area contributed by atoms with Crippen molar-refractivity contribution in [3.8, 4) is 0 Å². The zero-order valence-corrected chi connectivity index (χ0v) is 10.3. The monoisotopic (exact) mass is 254 g/mol. The molecule has 0 saturated carbocycles. The predicted molar refractivity (Wildman–Crippen MR) is 64.5 cm³/mol. The van der Waals surface area contributed by atoms with Crippen LogP contribution >= 0.6 is 23.4 Å². The summed E-state index contributed by atoms with van der Waals surface area (Å²) in [5.74, 6) is 0. The highest BCUT2D eigenvalue weighted by molar-refractivity contribution is 7.99. The molecule has 0 aliphatic carbocycles. The fourth-order valence-corrected chi connectivity index (χ4v) is 2.36. The number of hydrogen-bond acceptors (Lipinski definition) is 4. The van der Waals surface area contributed by atoms with Crippen molar-refractivity contribution in [1.82, 2.24) is 14.5 Å². The molecule has 0 amide bonds. The minimum Gasteiger partial charge on any atom is -0.329 e. The molecule has 0 fully saturated rings. The first-order valence-corrected chi connectivity index (χ1v) is 5.90. The highest BCUT2D eigenvalue weighted by Crippen LogP contribution is 2.31. The maximum Gasteiger partial charge on any atom is 0.174 e. The van der Waals surface area contributed by atoms with Crippen LogP contribution in [0, 0.1) is 0 Å². The average molecular weight is 255 g/mol. The fraction of sp³-hybridized carbons (Fsp3) is 0.200. The molecule has 0 spiro atoms. The molecule has 2 aromatic heterocycles. The van der Waals surface area contributed by atoms with Crippen LogP contribution < -0.4 is 5.73 Å². The molecule has 0 aromatic carbocycles. The van der Waals surface area contributed by atoms with Crippen molar-refractivity contribution in [2.75, 3.05) is 0 Å². The van der Waals surface area contributed by atoms with Crippen LogP contribution in [0.15, 0.2) is 34.8 Å². The largest absolute Gasteiger partial charge is 0.329 e. The van der Waals surface area contributed by atoms with Gasteiger partial charge in [0.15, 0.2) is 5.16 Å². The second kappa shape index (κ2) is 4.86. The van der Waals surface area contributed by atoms with Crippen molar-refractivity contribution in [1.29, 1.82) is 0 Å². The summed E-state index contributed by atoms with van der Waals surface area (Å²) >= 11 is 7.61. The molecule has 6 heteroatoms. The summed E-state index contributed by atoms with van der Waals surface area (Å²) in [6.45, 7) is 0.412. The van der Waals surface area contributed by atoms with Gasteiger partial charge in [-0.25, -0.2) is 9.97 Å². The van der Waals surface area contributed by atoms with Crippen LogP contribution in [-0.2, 0) is 13.6 Å². The molecule has 0 aliphatic rings. The molecule has 0 radical (unpaired) electrons. The SMILES string of the molecule is Cn1ccnc1Sc1nccc(CN)c1Cl. The molecule has 0 saturated heterocycles. The number of imidazole rings is 1. The number of aromatic nitrogens is 3. The quantitative estimate of drug-likeness (QED) is 0.911. The van der Waals surface area contributed by atoms with E-state index in [0.717, 1.165) is 15.7 Å². The Balaban J connectivity index is 2.32. The van der Waals surface area contributed by atoms with Gasteiger partial charge in [0, 0.05) is 32.2 Å². The van der Waals surface area contributed by atoms with Gasteiger partial charge in [-0.15, -0.1) is 0 Å². The lowest BCUT2D eigenvalue weighted by Crippen LogP contribution is -1.99. The van der Waals surface area contributed by atoms with Crippen LogP contribution in [0.1, 0.15) is 5.56 Å². The summed E-state index contributed by atoms with van der Waals surface area (Å²) in [7, 11) is 1.93. The average Bonchev–Trinajstić information content (AvgIpc) is 2.68. The van der Waals surface area contributed by atoms with Crippen LogP contribution in [0.3, 0.4) is 0 Å². The van der Waals surface area contributed by atoms with E-state index in [1.165, 1.54) is 11.8 Å². The Hall–Kier alpha value is -1.04. The Morgan fingerprint density at radius 1 is 1.44 bits per heavy atom. The summed E-state index contributed by atoms with van der Waals surface area (Å²) < 4.78 is 1.91. The molecule has 2 heterocycles. The molecular weight excluding hydrogens is 244 g/mol. The van der Waals surface area contributed by atoms with Gasteiger partial charge in [0.1, 0.15) is 5.03 Å². The minimum absolute atomic E-state index is 0.412. The number of halogens is 1. The highest BCUT2D eigenvalue weighted by Gasteiger charge is 2.10. The van der Waals surface area contributed by atoms with Crippen LogP contribution in [0.5, 0.6) is 0 Å². The zero-order valence-electron chi connectivity index (χ0n) is 8.72. The number of pyridine rings is 1. The van der Waals surface area contributed by atoms with Crippen LogP contribution in [-0.4, -0.2) is 14.5 Å². The molecule has 2 aromatic rings. The van der Waals surface area contributed by atoms with Crippen LogP contribution in [0.2, 0.25) is 5.02 Å². The fourth-order valence-electron chi connectivity index (χ4n) is 1.23. The van der Waals surface area contributed by atoms with E-state index in [4.69, 9.17) is 17.3 Å².